The van der Waals surface area contributed by atoms with Gasteiger partial charge in [0.15, 0.2) is 0 Å². The summed E-state index contributed by atoms with van der Waals surface area (Å²) in [4.78, 5) is 12.4. The average Bonchev–Trinajstić information content (AvgIpc) is 3.08. The van der Waals surface area contributed by atoms with Gasteiger partial charge in [0, 0.05) is 5.39 Å². The fourth-order valence-electron chi connectivity index (χ4n) is 2.54. The number of benzene rings is 2. The van der Waals surface area contributed by atoms with Crippen molar-refractivity contribution in [1.82, 2.24) is 15.5 Å². The molecular weight excluding hydrogens is 347 g/mol. The Balaban J connectivity index is 1.66. The summed E-state index contributed by atoms with van der Waals surface area (Å²) >= 11 is 0. The Morgan fingerprint density at radius 2 is 2.00 bits per heavy atom. The summed E-state index contributed by atoms with van der Waals surface area (Å²) in [6, 6.07) is 9.66. The molecular formula is C18H16F3N3O2. The van der Waals surface area contributed by atoms with Gasteiger partial charge in [0.2, 0.25) is 0 Å². The van der Waals surface area contributed by atoms with Crippen LogP contribution in [0.1, 0.15) is 22.8 Å². The predicted octanol–water partition coefficient (Wildman–Crippen LogP) is 3.78. The van der Waals surface area contributed by atoms with E-state index in [2.05, 4.69) is 15.5 Å². The molecule has 0 saturated carbocycles. The molecule has 0 aliphatic heterocycles. The summed E-state index contributed by atoms with van der Waals surface area (Å²) < 4.78 is 44.2. The van der Waals surface area contributed by atoms with Crippen LogP contribution in [0.3, 0.4) is 0 Å². The van der Waals surface area contributed by atoms with Crippen LogP contribution in [0.2, 0.25) is 0 Å². The minimum absolute atomic E-state index is 0.0994. The number of alkyl halides is 3. The van der Waals surface area contributed by atoms with Gasteiger partial charge in [-0.25, -0.2) is 0 Å². The topological polar surface area (TPSA) is 67.0 Å². The second kappa shape index (κ2) is 7.07. The van der Waals surface area contributed by atoms with Gasteiger partial charge in [-0.3, -0.25) is 9.89 Å². The van der Waals surface area contributed by atoms with Gasteiger partial charge in [-0.05, 0) is 25.1 Å². The number of carbonyl (C=O) groups excluding carboxylic acids is 1. The molecule has 0 bridgehead atoms. The Morgan fingerprint density at radius 1 is 1.23 bits per heavy atom. The minimum atomic E-state index is -4.50. The van der Waals surface area contributed by atoms with Gasteiger partial charge in [-0.2, -0.15) is 18.3 Å². The van der Waals surface area contributed by atoms with Crippen LogP contribution in [0, 0.1) is 0 Å². The van der Waals surface area contributed by atoms with Crippen LogP contribution in [0.25, 0.3) is 10.9 Å². The molecule has 1 atom stereocenters. The van der Waals surface area contributed by atoms with Crippen molar-refractivity contribution in [2.45, 2.75) is 19.1 Å². The van der Waals surface area contributed by atoms with Gasteiger partial charge in [0.25, 0.3) is 5.91 Å². The summed E-state index contributed by atoms with van der Waals surface area (Å²) in [5.74, 6) is -0.628. The maximum absolute atomic E-state index is 13.0. The molecule has 0 saturated heterocycles. The number of carbonyl (C=O) groups is 1. The van der Waals surface area contributed by atoms with Gasteiger partial charge in [-0.15, -0.1) is 0 Å². The van der Waals surface area contributed by atoms with Crippen molar-refractivity contribution in [1.29, 1.82) is 0 Å². The fraction of sp³-hybridized carbons (Fsp3) is 0.222. The highest BCUT2D eigenvalue weighted by Crippen LogP contribution is 2.35. The first kappa shape index (κ1) is 17.8. The van der Waals surface area contributed by atoms with Crippen LogP contribution < -0.4 is 10.1 Å². The maximum Gasteiger partial charge on any atom is 0.419 e. The lowest BCUT2D eigenvalue weighted by molar-refractivity contribution is -0.139. The Bertz CT molecular complexity index is 921. The summed E-state index contributed by atoms with van der Waals surface area (Å²) in [6.07, 6.45) is -2.90. The zero-order valence-electron chi connectivity index (χ0n) is 13.8. The van der Waals surface area contributed by atoms with E-state index in [-0.39, 0.29) is 18.3 Å². The van der Waals surface area contributed by atoms with E-state index in [1.54, 1.807) is 25.3 Å². The highest BCUT2D eigenvalue weighted by molar-refractivity contribution is 6.05. The number of aromatic amines is 1. The largest absolute Gasteiger partial charge is 0.491 e. The van der Waals surface area contributed by atoms with E-state index in [4.69, 9.17) is 4.74 Å². The molecule has 0 aliphatic carbocycles. The average molecular weight is 363 g/mol. The van der Waals surface area contributed by atoms with Crippen molar-refractivity contribution in [2.75, 3.05) is 6.61 Å². The number of fused-ring (bicyclic) bond motifs is 1. The molecule has 1 amide bonds. The van der Waals surface area contributed by atoms with Gasteiger partial charge >= 0.3 is 6.18 Å². The Kier molecular flexibility index (Phi) is 4.83. The quantitative estimate of drug-likeness (QED) is 0.725. The first-order valence-corrected chi connectivity index (χ1v) is 7.88. The lowest BCUT2D eigenvalue weighted by Crippen LogP contribution is -2.37. The highest BCUT2D eigenvalue weighted by Gasteiger charge is 2.34. The zero-order valence-corrected chi connectivity index (χ0v) is 13.8. The minimum Gasteiger partial charge on any atom is -0.491 e. The van der Waals surface area contributed by atoms with Crippen molar-refractivity contribution >= 4 is 16.8 Å². The molecule has 1 aromatic heterocycles. The first-order chi connectivity index (χ1) is 12.4. The molecule has 3 rings (SSSR count). The van der Waals surface area contributed by atoms with Crippen LogP contribution in [0.15, 0.2) is 48.7 Å². The fourth-order valence-corrected chi connectivity index (χ4v) is 2.54. The molecule has 5 nitrogen and oxygen atoms in total. The van der Waals surface area contributed by atoms with Crippen molar-refractivity contribution in [3.63, 3.8) is 0 Å². The molecule has 3 aromatic rings. The molecule has 2 N–H and O–H groups in total. The summed E-state index contributed by atoms with van der Waals surface area (Å²) in [5.41, 5.74) is 0.156. The van der Waals surface area contributed by atoms with Crippen molar-refractivity contribution in [2.24, 2.45) is 0 Å². The van der Waals surface area contributed by atoms with E-state index in [9.17, 15) is 18.0 Å². The van der Waals surface area contributed by atoms with E-state index in [1.165, 1.54) is 18.2 Å². The number of aromatic nitrogens is 2. The van der Waals surface area contributed by atoms with Gasteiger partial charge in [0.05, 0.1) is 28.9 Å². The molecule has 0 spiro atoms. The molecule has 1 heterocycles. The van der Waals surface area contributed by atoms with Gasteiger partial charge < -0.3 is 10.1 Å². The van der Waals surface area contributed by atoms with Gasteiger partial charge in [-0.1, -0.05) is 24.3 Å². The highest BCUT2D eigenvalue weighted by atomic mass is 19.4. The van der Waals surface area contributed by atoms with Crippen molar-refractivity contribution < 1.29 is 22.7 Å². The third kappa shape index (κ3) is 3.79. The van der Waals surface area contributed by atoms with Crippen LogP contribution in [0.5, 0.6) is 5.75 Å². The summed E-state index contributed by atoms with van der Waals surface area (Å²) in [7, 11) is 0. The molecule has 1 unspecified atom stereocenters. The molecule has 136 valence electrons. The van der Waals surface area contributed by atoms with E-state index in [0.717, 1.165) is 11.5 Å². The summed E-state index contributed by atoms with van der Waals surface area (Å²) in [6.45, 7) is 1.55. The monoisotopic (exact) mass is 363 g/mol. The van der Waals surface area contributed by atoms with E-state index < -0.39 is 17.8 Å². The molecule has 2 aromatic carbocycles. The lowest BCUT2D eigenvalue weighted by Gasteiger charge is -2.18. The van der Waals surface area contributed by atoms with Crippen LogP contribution >= 0.6 is 0 Å². The number of hydrogen-bond donors (Lipinski definition) is 2. The molecule has 0 radical (unpaired) electrons. The lowest BCUT2D eigenvalue weighted by atomic mass is 10.1. The Morgan fingerprint density at radius 3 is 2.77 bits per heavy atom. The SMILES string of the molecule is CC(COc1ccccc1C(F)(F)F)NC(=O)c1cccc2cn[nH]c12. The van der Waals surface area contributed by atoms with Crippen LogP contribution in [-0.4, -0.2) is 28.8 Å². The third-order valence-electron chi connectivity index (χ3n) is 3.78. The first-order valence-electron chi connectivity index (χ1n) is 7.88. The Hall–Kier alpha value is -3.03. The molecule has 26 heavy (non-hydrogen) atoms. The van der Waals surface area contributed by atoms with Crippen molar-refractivity contribution in [3.8, 4) is 5.75 Å². The summed E-state index contributed by atoms with van der Waals surface area (Å²) in [5, 5.41) is 10.2. The van der Waals surface area contributed by atoms with E-state index in [0.29, 0.717) is 11.1 Å². The molecule has 8 heteroatoms. The zero-order chi connectivity index (χ0) is 18.7. The van der Waals surface area contributed by atoms with Crippen molar-refractivity contribution in [3.05, 3.63) is 59.8 Å². The number of hydrogen-bond acceptors (Lipinski definition) is 3. The number of nitrogens with one attached hydrogen (secondary N) is 2. The number of para-hydroxylation sites is 2. The molecule has 0 aliphatic rings. The van der Waals surface area contributed by atoms with Crippen LogP contribution in [-0.2, 0) is 6.18 Å². The third-order valence-corrected chi connectivity index (χ3v) is 3.78. The number of H-pyrrole nitrogens is 1. The smallest absolute Gasteiger partial charge is 0.419 e. The second-order valence-corrected chi connectivity index (χ2v) is 5.82. The number of amides is 1. The number of ether oxygens (including phenoxy) is 1. The predicted molar refractivity (Wildman–Crippen MR) is 90.0 cm³/mol. The van der Waals surface area contributed by atoms with E-state index >= 15 is 0 Å². The number of nitrogens with zero attached hydrogens (tertiary/aromatic N) is 1. The maximum atomic E-state index is 13.0. The van der Waals surface area contributed by atoms with E-state index in [1.807, 2.05) is 6.07 Å². The van der Waals surface area contributed by atoms with Gasteiger partial charge in [0.1, 0.15) is 12.4 Å². The second-order valence-electron chi connectivity index (χ2n) is 5.82. The van der Waals surface area contributed by atoms with Crippen LogP contribution in [0.4, 0.5) is 13.2 Å². The number of halogens is 3. The normalized spacial score (nSPS) is 12.8. The molecule has 0 fully saturated rings. The number of rotatable bonds is 5. The Labute approximate surface area is 147 Å². The standard InChI is InChI=1S/C18H16F3N3O2/c1-11(10-26-15-8-3-2-7-14(15)18(19,20)21)23-17(25)13-6-4-5-12-9-22-24-16(12)13/h2-9,11H,10H2,1H3,(H,22,24)(H,23,25).